The highest BCUT2D eigenvalue weighted by Gasteiger charge is 2.21. The topological polar surface area (TPSA) is 67.4 Å². The van der Waals surface area contributed by atoms with Gasteiger partial charge in [0.25, 0.3) is 5.91 Å². The van der Waals surface area contributed by atoms with Crippen LogP contribution in [0.25, 0.3) is 0 Å². The molecule has 0 aliphatic rings. The number of amides is 3. The first-order valence-corrected chi connectivity index (χ1v) is 10.2. The van der Waals surface area contributed by atoms with Crippen molar-refractivity contribution in [2.75, 3.05) is 5.32 Å². The summed E-state index contributed by atoms with van der Waals surface area (Å²) in [5.74, 6) is -2.86. The van der Waals surface area contributed by atoms with Crippen molar-refractivity contribution < 1.29 is 23.1 Å². The molecule has 0 saturated heterocycles. The van der Waals surface area contributed by atoms with E-state index in [0.717, 1.165) is 18.2 Å². The van der Waals surface area contributed by atoms with Gasteiger partial charge in [-0.2, -0.15) is 0 Å². The van der Waals surface area contributed by atoms with Gasteiger partial charge in [-0.3, -0.25) is 10.1 Å². The van der Waals surface area contributed by atoms with E-state index in [1.165, 1.54) is 6.07 Å². The quantitative estimate of drug-likeness (QED) is 0.396. The van der Waals surface area contributed by atoms with Crippen molar-refractivity contribution in [1.29, 1.82) is 0 Å². The van der Waals surface area contributed by atoms with Crippen molar-refractivity contribution in [2.45, 2.75) is 13.8 Å². The van der Waals surface area contributed by atoms with Crippen molar-refractivity contribution in [3.63, 3.8) is 0 Å². The van der Waals surface area contributed by atoms with Crippen LogP contribution < -0.4 is 15.4 Å². The molecular weight excluding hydrogens is 485 g/mol. The Balaban J connectivity index is 1.81. The molecule has 3 rings (SSSR count). The summed E-state index contributed by atoms with van der Waals surface area (Å²) >= 11 is 18.5. The van der Waals surface area contributed by atoms with Gasteiger partial charge in [-0.05, 0) is 55.3 Å². The third-order valence-corrected chi connectivity index (χ3v) is 5.45. The third-order valence-electron chi connectivity index (χ3n) is 4.43. The van der Waals surface area contributed by atoms with Gasteiger partial charge in [0.05, 0.1) is 10.0 Å². The second-order valence-corrected chi connectivity index (χ2v) is 7.91. The molecule has 0 fully saturated rings. The number of carbonyl (C=O) groups is 2. The Hall–Kier alpha value is -2.87. The van der Waals surface area contributed by atoms with Gasteiger partial charge in [0.15, 0.2) is 0 Å². The first-order chi connectivity index (χ1) is 15.1. The monoisotopic (exact) mass is 498 g/mol. The van der Waals surface area contributed by atoms with Crippen LogP contribution >= 0.6 is 34.8 Å². The smallest absolute Gasteiger partial charge is 0.326 e. The van der Waals surface area contributed by atoms with Gasteiger partial charge < -0.3 is 10.1 Å². The number of ether oxygens (including phenoxy) is 1. The summed E-state index contributed by atoms with van der Waals surface area (Å²) in [7, 11) is 0. The predicted molar refractivity (Wildman–Crippen MR) is 120 cm³/mol. The molecule has 32 heavy (non-hydrogen) atoms. The molecule has 0 spiro atoms. The molecule has 0 aliphatic heterocycles. The molecule has 0 heterocycles. The standard InChI is InChI=1S/C22H15Cl3F2N2O3/c1-10-8-17(32-16-9-12(23)6-7-13(16)24)19(25)11(2)20(10)28-22(31)29-21(30)18-14(26)4-3-5-15(18)27/h3-9H,1-2H3,(H2,28,29,30,31). The molecule has 5 nitrogen and oxygen atoms in total. The van der Waals surface area contributed by atoms with Gasteiger partial charge in [-0.25, -0.2) is 13.6 Å². The van der Waals surface area contributed by atoms with Gasteiger partial charge in [-0.15, -0.1) is 0 Å². The zero-order valence-corrected chi connectivity index (χ0v) is 18.9. The second-order valence-electron chi connectivity index (χ2n) is 6.69. The van der Waals surface area contributed by atoms with Crippen LogP contribution in [0.3, 0.4) is 0 Å². The van der Waals surface area contributed by atoms with Gasteiger partial charge in [0.1, 0.15) is 28.7 Å². The highest BCUT2D eigenvalue weighted by molar-refractivity contribution is 6.34. The molecule has 0 radical (unpaired) electrons. The van der Waals surface area contributed by atoms with Crippen LogP contribution in [-0.2, 0) is 0 Å². The summed E-state index contributed by atoms with van der Waals surface area (Å²) in [5, 5.41) is 5.27. The molecular formula is C22H15Cl3F2N2O3. The van der Waals surface area contributed by atoms with Crippen LogP contribution in [-0.4, -0.2) is 11.9 Å². The summed E-state index contributed by atoms with van der Waals surface area (Å²) in [5.41, 5.74) is 0.398. The normalized spacial score (nSPS) is 10.6. The Labute approximate surface area is 197 Å². The maximum absolute atomic E-state index is 13.8. The number of hydrogen-bond acceptors (Lipinski definition) is 3. The Kier molecular flexibility index (Phi) is 7.23. The lowest BCUT2D eigenvalue weighted by molar-refractivity contribution is 0.0959. The number of benzene rings is 3. The first kappa shape index (κ1) is 23.8. The highest BCUT2D eigenvalue weighted by Crippen LogP contribution is 2.40. The van der Waals surface area contributed by atoms with E-state index in [0.29, 0.717) is 26.9 Å². The summed E-state index contributed by atoms with van der Waals surface area (Å²) in [4.78, 5) is 24.4. The fourth-order valence-corrected chi connectivity index (χ4v) is 3.39. The number of rotatable bonds is 4. The van der Waals surface area contributed by atoms with Crippen LogP contribution in [0.15, 0.2) is 42.5 Å². The molecule has 166 valence electrons. The molecule has 10 heteroatoms. The minimum atomic E-state index is -1.23. The van der Waals surface area contributed by atoms with Crippen LogP contribution in [0.2, 0.25) is 15.1 Å². The van der Waals surface area contributed by atoms with Crippen LogP contribution in [0.1, 0.15) is 21.5 Å². The second kappa shape index (κ2) is 9.73. The van der Waals surface area contributed by atoms with E-state index in [2.05, 4.69) is 5.32 Å². The van der Waals surface area contributed by atoms with Gasteiger partial charge in [-0.1, -0.05) is 40.9 Å². The van der Waals surface area contributed by atoms with Gasteiger partial charge >= 0.3 is 6.03 Å². The van der Waals surface area contributed by atoms with E-state index in [9.17, 15) is 18.4 Å². The third kappa shape index (κ3) is 5.12. The molecule has 3 aromatic carbocycles. The molecule has 3 aromatic rings. The van der Waals surface area contributed by atoms with E-state index in [4.69, 9.17) is 39.5 Å². The van der Waals surface area contributed by atoms with E-state index >= 15 is 0 Å². The number of nitrogens with one attached hydrogen (secondary N) is 2. The SMILES string of the molecule is Cc1cc(Oc2cc(Cl)ccc2Cl)c(Cl)c(C)c1NC(=O)NC(=O)c1c(F)cccc1F. The summed E-state index contributed by atoms with van der Waals surface area (Å²) < 4.78 is 33.3. The number of anilines is 1. The fraction of sp³-hybridized carbons (Fsp3) is 0.0909. The van der Waals surface area contributed by atoms with Crippen LogP contribution in [0.5, 0.6) is 11.5 Å². The summed E-state index contributed by atoms with van der Waals surface area (Å²) in [6, 6.07) is 8.20. The Bertz CT molecular complexity index is 1220. The number of aryl methyl sites for hydroxylation is 1. The predicted octanol–water partition coefficient (Wildman–Crippen LogP) is 7.30. The van der Waals surface area contributed by atoms with Crippen molar-refractivity contribution in [2.24, 2.45) is 0 Å². The molecule has 0 aromatic heterocycles. The number of halogens is 5. The largest absolute Gasteiger partial charge is 0.454 e. The number of carbonyl (C=O) groups excluding carboxylic acids is 2. The van der Waals surface area contributed by atoms with Crippen molar-refractivity contribution in [3.8, 4) is 11.5 Å². The van der Waals surface area contributed by atoms with Crippen LogP contribution in [0, 0.1) is 25.5 Å². The molecule has 0 bridgehead atoms. The fourth-order valence-electron chi connectivity index (χ4n) is 2.89. The number of urea groups is 1. The van der Waals surface area contributed by atoms with Gasteiger partial charge in [0.2, 0.25) is 0 Å². The molecule has 0 aliphatic carbocycles. The maximum atomic E-state index is 13.8. The molecule has 2 N–H and O–H groups in total. The number of imide groups is 1. The maximum Gasteiger partial charge on any atom is 0.326 e. The van der Waals surface area contributed by atoms with E-state index in [1.807, 2.05) is 5.32 Å². The highest BCUT2D eigenvalue weighted by atomic mass is 35.5. The summed E-state index contributed by atoms with van der Waals surface area (Å²) in [6.45, 7) is 3.29. The van der Waals surface area contributed by atoms with E-state index in [1.54, 1.807) is 32.0 Å². The van der Waals surface area contributed by atoms with Gasteiger partial charge in [0, 0.05) is 16.8 Å². The van der Waals surface area contributed by atoms with Crippen molar-refractivity contribution >= 4 is 52.4 Å². The van der Waals surface area contributed by atoms with E-state index in [-0.39, 0.29) is 16.5 Å². The minimum absolute atomic E-state index is 0.174. The Morgan fingerprint density at radius 1 is 0.938 bits per heavy atom. The molecule has 0 atom stereocenters. The number of hydrogen-bond donors (Lipinski definition) is 2. The van der Waals surface area contributed by atoms with Crippen LogP contribution in [0.4, 0.5) is 19.3 Å². The average Bonchev–Trinajstić information content (AvgIpc) is 2.71. The average molecular weight is 500 g/mol. The van der Waals surface area contributed by atoms with Crippen molar-refractivity contribution in [1.82, 2.24) is 5.32 Å². The molecule has 0 unspecified atom stereocenters. The zero-order valence-electron chi connectivity index (χ0n) is 16.7. The Morgan fingerprint density at radius 3 is 2.25 bits per heavy atom. The minimum Gasteiger partial charge on any atom is -0.454 e. The van der Waals surface area contributed by atoms with E-state index < -0.39 is 29.1 Å². The lowest BCUT2D eigenvalue weighted by atomic mass is 10.1. The molecule has 3 amide bonds. The molecule has 0 saturated carbocycles. The van der Waals surface area contributed by atoms with Crippen molar-refractivity contribution in [3.05, 3.63) is 85.9 Å². The lowest BCUT2D eigenvalue weighted by Crippen LogP contribution is -2.35. The zero-order chi connectivity index (χ0) is 23.6. The lowest BCUT2D eigenvalue weighted by Gasteiger charge is -2.17. The Morgan fingerprint density at radius 2 is 1.59 bits per heavy atom. The summed E-state index contributed by atoms with van der Waals surface area (Å²) in [6.07, 6.45) is 0. The first-order valence-electron chi connectivity index (χ1n) is 9.07.